The van der Waals surface area contributed by atoms with Crippen LogP contribution in [-0.2, 0) is 44.0 Å². The van der Waals surface area contributed by atoms with E-state index in [9.17, 15) is 24.3 Å². The van der Waals surface area contributed by atoms with Gasteiger partial charge in [0.2, 0.25) is 17.7 Å². The summed E-state index contributed by atoms with van der Waals surface area (Å²) in [6, 6.07) is 17.7. The lowest BCUT2D eigenvalue weighted by atomic mass is 9.90. The molecule has 1 aliphatic rings. The second kappa shape index (κ2) is 19.4. The van der Waals surface area contributed by atoms with Crippen molar-refractivity contribution in [3.8, 4) is 11.3 Å². The number of carbonyl (C=O) groups is 3. The number of fused-ring (bicyclic) bond motifs is 1. The highest BCUT2D eigenvalue weighted by molar-refractivity contribution is 5.89. The summed E-state index contributed by atoms with van der Waals surface area (Å²) in [5, 5.41) is 24.5. The zero-order valence-electron chi connectivity index (χ0n) is 31.4. The van der Waals surface area contributed by atoms with Crippen LogP contribution in [0.15, 0.2) is 65.7 Å². The Balaban J connectivity index is 1.06. The van der Waals surface area contributed by atoms with E-state index < -0.39 is 5.60 Å². The summed E-state index contributed by atoms with van der Waals surface area (Å²) in [5.74, 6) is -0.0681. The molecule has 15 heteroatoms. The van der Waals surface area contributed by atoms with Crippen LogP contribution in [0.4, 0.5) is 0 Å². The molecule has 0 bridgehead atoms. The van der Waals surface area contributed by atoms with Crippen LogP contribution < -0.4 is 21.5 Å². The van der Waals surface area contributed by atoms with Gasteiger partial charge >= 0.3 is 0 Å². The number of benzene rings is 2. The van der Waals surface area contributed by atoms with Crippen molar-refractivity contribution < 1.29 is 29.0 Å². The third-order valence-electron chi connectivity index (χ3n) is 9.58. The number of aromatic nitrogens is 4. The lowest BCUT2D eigenvalue weighted by Gasteiger charge is -2.38. The molecule has 1 unspecified atom stereocenters. The Morgan fingerprint density at radius 3 is 2.26 bits per heavy atom. The normalized spacial score (nSPS) is 14.6. The molecule has 54 heavy (non-hydrogen) atoms. The lowest BCUT2D eigenvalue weighted by Crippen LogP contribution is -2.49. The number of piperidine rings is 1. The van der Waals surface area contributed by atoms with Crippen LogP contribution in [0.2, 0.25) is 0 Å². The Morgan fingerprint density at radius 2 is 1.59 bits per heavy atom. The molecule has 1 fully saturated rings. The molecule has 5 rings (SSSR count). The molecule has 2 aromatic heterocycles. The van der Waals surface area contributed by atoms with Crippen LogP contribution >= 0.6 is 0 Å². The highest BCUT2D eigenvalue weighted by Crippen LogP contribution is 2.28. The van der Waals surface area contributed by atoms with E-state index in [4.69, 9.17) is 9.47 Å². The molecule has 2 aromatic carbocycles. The third-order valence-corrected chi connectivity index (χ3v) is 9.58. The fourth-order valence-electron chi connectivity index (χ4n) is 6.52. The van der Waals surface area contributed by atoms with E-state index in [-0.39, 0.29) is 47.8 Å². The first-order chi connectivity index (χ1) is 26.0. The maximum atomic E-state index is 13.6. The number of hydrogen-bond donors (Lipinski definition) is 4. The van der Waals surface area contributed by atoms with Gasteiger partial charge in [0.15, 0.2) is 5.52 Å². The monoisotopic (exact) mass is 744 g/mol. The van der Waals surface area contributed by atoms with Gasteiger partial charge in [-0.05, 0) is 29.9 Å². The van der Waals surface area contributed by atoms with Gasteiger partial charge in [0.1, 0.15) is 5.52 Å². The summed E-state index contributed by atoms with van der Waals surface area (Å²) < 4.78 is 13.8. The van der Waals surface area contributed by atoms with E-state index in [2.05, 4.69) is 26.0 Å². The Kier molecular flexibility index (Phi) is 14.4. The molecule has 4 N–H and O–H groups in total. The lowest BCUT2D eigenvalue weighted by molar-refractivity contribution is -0.136. The first-order valence-corrected chi connectivity index (χ1v) is 18.5. The maximum Gasteiger partial charge on any atom is 0.281 e. The van der Waals surface area contributed by atoms with Gasteiger partial charge in [-0.1, -0.05) is 61.5 Å². The SMILES string of the molecule is CC(=O)NCCOCCOCCNC(=O)CNCc1ccc(-c2c3ncn(CC4(O)CCN(C(=O)CC(C)c5ccccc5)CC4)c(=O)c3nn2C)cc1. The fraction of sp³-hybridized carbons (Fsp3) is 0.487. The minimum atomic E-state index is -1.15. The summed E-state index contributed by atoms with van der Waals surface area (Å²) in [6.45, 7) is 7.49. The number of nitrogens with zero attached hydrogens (tertiary/aromatic N) is 5. The number of rotatable bonds is 19. The molecule has 15 nitrogen and oxygen atoms in total. The molecule has 3 amide bonds. The fourth-order valence-corrected chi connectivity index (χ4v) is 6.52. The summed E-state index contributed by atoms with van der Waals surface area (Å²) in [5.41, 5.74) is 2.84. The van der Waals surface area contributed by atoms with Crippen LogP contribution in [0.5, 0.6) is 0 Å². The maximum absolute atomic E-state index is 13.6. The first kappa shape index (κ1) is 40.2. The zero-order valence-corrected chi connectivity index (χ0v) is 31.4. The number of hydrogen-bond acceptors (Lipinski definition) is 10. The van der Waals surface area contributed by atoms with Crippen molar-refractivity contribution in [3.05, 3.63) is 82.4 Å². The quantitative estimate of drug-likeness (QED) is 0.103. The number of ether oxygens (including phenoxy) is 2. The van der Waals surface area contributed by atoms with Crippen molar-refractivity contribution >= 4 is 28.8 Å². The number of likely N-dealkylation sites (tertiary alicyclic amines) is 1. The number of aryl methyl sites for hydroxylation is 1. The van der Waals surface area contributed by atoms with Gasteiger partial charge in [-0.25, -0.2) is 4.98 Å². The Morgan fingerprint density at radius 1 is 0.926 bits per heavy atom. The zero-order chi connectivity index (χ0) is 38.5. The molecular weight excluding hydrogens is 692 g/mol. The average molecular weight is 745 g/mol. The van der Waals surface area contributed by atoms with E-state index >= 15 is 0 Å². The summed E-state index contributed by atoms with van der Waals surface area (Å²) >= 11 is 0. The van der Waals surface area contributed by atoms with Gasteiger partial charge in [0.05, 0.1) is 57.1 Å². The number of aliphatic hydroxyl groups is 1. The minimum absolute atomic E-state index is 0.0646. The van der Waals surface area contributed by atoms with E-state index in [1.54, 1.807) is 16.6 Å². The van der Waals surface area contributed by atoms with E-state index in [0.29, 0.717) is 89.6 Å². The van der Waals surface area contributed by atoms with E-state index in [1.165, 1.54) is 17.8 Å². The van der Waals surface area contributed by atoms with Gasteiger partial charge in [-0.15, -0.1) is 0 Å². The van der Waals surface area contributed by atoms with Gasteiger partial charge < -0.3 is 35.4 Å². The van der Waals surface area contributed by atoms with Gasteiger partial charge in [-0.3, -0.25) is 28.4 Å². The molecular formula is C39H52N8O7. The summed E-state index contributed by atoms with van der Waals surface area (Å²) in [4.78, 5) is 56.0. The van der Waals surface area contributed by atoms with Crippen LogP contribution in [0.1, 0.15) is 50.2 Å². The number of carbonyl (C=O) groups excluding carboxylic acids is 3. The van der Waals surface area contributed by atoms with Crippen LogP contribution in [0, 0.1) is 0 Å². The standard InChI is InChI=1S/C39H52N8O7/c1-28(31-7-5-4-6-8-31)23-34(50)46-17-13-39(52,14-18-46)26-47-27-43-35-36(38(47)51)44-45(3)37(35)32-11-9-30(10-12-32)24-40-25-33(49)42-16-20-54-22-21-53-19-15-41-29(2)48/h4-12,27-28,40,52H,13-26H2,1-3H3,(H,41,48)(H,42,49). The minimum Gasteiger partial charge on any atom is -0.388 e. The largest absolute Gasteiger partial charge is 0.388 e. The molecule has 1 saturated heterocycles. The van der Waals surface area contributed by atoms with Crippen molar-refractivity contribution in [1.82, 2.24) is 40.2 Å². The van der Waals surface area contributed by atoms with Crippen molar-refractivity contribution in [2.75, 3.05) is 59.2 Å². The van der Waals surface area contributed by atoms with Crippen LogP contribution in [0.25, 0.3) is 22.3 Å². The summed E-state index contributed by atoms with van der Waals surface area (Å²) in [6.07, 6.45) is 2.59. The Hall–Kier alpha value is -4.96. The van der Waals surface area contributed by atoms with Crippen molar-refractivity contribution in [2.24, 2.45) is 7.05 Å². The highest BCUT2D eigenvalue weighted by atomic mass is 16.5. The average Bonchev–Trinajstić information content (AvgIpc) is 3.50. The molecule has 3 heterocycles. The van der Waals surface area contributed by atoms with Gasteiger partial charge in [-0.2, -0.15) is 5.10 Å². The number of amides is 3. The van der Waals surface area contributed by atoms with Gasteiger partial charge in [0.25, 0.3) is 5.56 Å². The third kappa shape index (κ3) is 11.3. The van der Waals surface area contributed by atoms with Crippen LogP contribution in [0.3, 0.4) is 0 Å². The van der Waals surface area contributed by atoms with Crippen LogP contribution in [-0.4, -0.2) is 112 Å². The molecule has 0 aliphatic carbocycles. The molecule has 1 aliphatic heterocycles. The van der Waals surface area contributed by atoms with Crippen molar-refractivity contribution in [1.29, 1.82) is 0 Å². The van der Waals surface area contributed by atoms with E-state index in [0.717, 1.165) is 16.7 Å². The van der Waals surface area contributed by atoms with Gasteiger partial charge in [0, 0.05) is 58.7 Å². The second-order valence-corrected chi connectivity index (χ2v) is 13.8. The highest BCUT2D eigenvalue weighted by Gasteiger charge is 2.35. The Bertz CT molecular complexity index is 1900. The van der Waals surface area contributed by atoms with E-state index in [1.807, 2.05) is 61.5 Å². The molecule has 4 aromatic rings. The number of nitrogens with one attached hydrogen (secondary N) is 3. The topological polar surface area (TPSA) is 182 Å². The predicted octanol–water partition coefficient (Wildman–Crippen LogP) is 1.72. The van der Waals surface area contributed by atoms with Crippen molar-refractivity contribution in [2.45, 2.75) is 57.7 Å². The molecule has 0 spiro atoms. The predicted molar refractivity (Wildman–Crippen MR) is 203 cm³/mol. The Labute approximate surface area is 315 Å². The molecule has 0 radical (unpaired) electrons. The molecule has 1 atom stereocenters. The smallest absolute Gasteiger partial charge is 0.281 e. The molecule has 290 valence electrons. The van der Waals surface area contributed by atoms with Crippen molar-refractivity contribution in [3.63, 3.8) is 0 Å². The molecule has 0 saturated carbocycles. The second-order valence-electron chi connectivity index (χ2n) is 13.8. The summed E-state index contributed by atoms with van der Waals surface area (Å²) in [7, 11) is 1.77. The first-order valence-electron chi connectivity index (χ1n) is 18.5.